The summed E-state index contributed by atoms with van der Waals surface area (Å²) < 4.78 is 0. The normalized spacial score (nSPS) is 13.7. The molecule has 0 rings (SSSR count). The third-order valence-electron chi connectivity index (χ3n) is 2.68. The van der Waals surface area contributed by atoms with Crippen LogP contribution in [-0.2, 0) is 14.4 Å². The molecular weight excluding hydrogens is 284 g/mol. The van der Waals surface area contributed by atoms with E-state index in [1.165, 1.54) is 11.8 Å². The van der Waals surface area contributed by atoms with Crippen molar-refractivity contribution in [1.82, 2.24) is 10.4 Å². The Morgan fingerprint density at radius 1 is 1.40 bits per heavy atom. The molecule has 0 aromatic carbocycles. The van der Waals surface area contributed by atoms with Crippen LogP contribution in [0.25, 0.3) is 0 Å². The van der Waals surface area contributed by atoms with E-state index in [0.29, 0.717) is 18.6 Å². The lowest BCUT2D eigenvalue weighted by Crippen LogP contribution is -2.51. The number of thioether (sulfide) groups is 1. The Bertz CT molecular complexity index is 338. The van der Waals surface area contributed by atoms with Gasteiger partial charge in [0, 0.05) is 0 Å². The standard InChI is InChI=1S/C12H22N2O5S/c1-8(2)6-10(12(17)18)14(19)11(16)9(13-7-15)4-5-20-3/h7-10,19H,4-6H2,1-3H3,(H,13,15)(H,17,18)/t9?,10-/m0/s1. The van der Waals surface area contributed by atoms with Gasteiger partial charge in [-0.05, 0) is 30.8 Å². The first-order chi connectivity index (χ1) is 9.34. The van der Waals surface area contributed by atoms with Gasteiger partial charge in [-0.3, -0.25) is 14.8 Å². The molecule has 0 aromatic heterocycles. The van der Waals surface area contributed by atoms with Gasteiger partial charge in [0.05, 0.1) is 0 Å². The van der Waals surface area contributed by atoms with Crippen LogP contribution in [0.15, 0.2) is 0 Å². The second-order valence-corrected chi connectivity index (χ2v) is 5.77. The number of aliphatic carboxylic acids is 1. The van der Waals surface area contributed by atoms with Gasteiger partial charge in [0.2, 0.25) is 6.41 Å². The van der Waals surface area contributed by atoms with Crippen molar-refractivity contribution >= 4 is 30.0 Å². The van der Waals surface area contributed by atoms with Crippen molar-refractivity contribution in [2.24, 2.45) is 5.92 Å². The lowest BCUT2D eigenvalue weighted by atomic mass is 10.0. The van der Waals surface area contributed by atoms with E-state index in [9.17, 15) is 19.6 Å². The van der Waals surface area contributed by atoms with Crippen molar-refractivity contribution in [2.75, 3.05) is 12.0 Å². The van der Waals surface area contributed by atoms with Gasteiger partial charge in [-0.1, -0.05) is 13.8 Å². The predicted octanol–water partition coefficient (Wildman–Crippen LogP) is 0.571. The third-order valence-corrected chi connectivity index (χ3v) is 3.32. The van der Waals surface area contributed by atoms with Gasteiger partial charge in [0.25, 0.3) is 5.91 Å². The first kappa shape index (κ1) is 18.7. The maximum atomic E-state index is 12.0. The van der Waals surface area contributed by atoms with E-state index < -0.39 is 24.0 Å². The molecule has 2 atom stereocenters. The summed E-state index contributed by atoms with van der Waals surface area (Å²) in [4.78, 5) is 33.7. The highest BCUT2D eigenvalue weighted by atomic mass is 32.2. The van der Waals surface area contributed by atoms with Crippen LogP contribution < -0.4 is 5.32 Å². The number of carbonyl (C=O) groups is 3. The van der Waals surface area contributed by atoms with Crippen LogP contribution in [0.3, 0.4) is 0 Å². The molecular formula is C12H22N2O5S. The average molecular weight is 306 g/mol. The van der Waals surface area contributed by atoms with Crippen LogP contribution >= 0.6 is 11.8 Å². The summed E-state index contributed by atoms with van der Waals surface area (Å²) in [6.07, 6.45) is 2.67. The molecule has 0 radical (unpaired) electrons. The van der Waals surface area contributed by atoms with Crippen LogP contribution in [-0.4, -0.2) is 57.8 Å². The van der Waals surface area contributed by atoms with Gasteiger partial charge >= 0.3 is 5.97 Å². The minimum Gasteiger partial charge on any atom is -0.480 e. The summed E-state index contributed by atoms with van der Waals surface area (Å²) in [5.74, 6) is -1.47. The summed E-state index contributed by atoms with van der Waals surface area (Å²) >= 11 is 1.49. The largest absolute Gasteiger partial charge is 0.480 e. The number of nitrogens with zero attached hydrogens (tertiary/aromatic N) is 1. The van der Waals surface area contributed by atoms with E-state index in [-0.39, 0.29) is 17.4 Å². The highest BCUT2D eigenvalue weighted by Gasteiger charge is 2.33. The molecule has 0 aliphatic carbocycles. The first-order valence-corrected chi connectivity index (χ1v) is 7.67. The topological polar surface area (TPSA) is 107 Å². The van der Waals surface area contributed by atoms with Crippen LogP contribution in [0.5, 0.6) is 0 Å². The summed E-state index contributed by atoms with van der Waals surface area (Å²) in [5, 5.41) is 21.4. The van der Waals surface area contributed by atoms with Gasteiger partial charge < -0.3 is 10.4 Å². The number of hydroxylamine groups is 2. The molecule has 116 valence electrons. The minimum absolute atomic E-state index is 0.00206. The number of carbonyl (C=O) groups excluding carboxylic acids is 2. The quantitative estimate of drug-likeness (QED) is 0.309. The van der Waals surface area contributed by atoms with Crippen molar-refractivity contribution in [1.29, 1.82) is 0 Å². The fourth-order valence-corrected chi connectivity index (χ4v) is 2.13. The van der Waals surface area contributed by atoms with Crippen LogP contribution in [0.2, 0.25) is 0 Å². The number of rotatable bonds is 10. The smallest absolute Gasteiger partial charge is 0.329 e. The summed E-state index contributed by atoms with van der Waals surface area (Å²) in [5.41, 5.74) is 0. The number of hydrogen-bond acceptors (Lipinski definition) is 5. The van der Waals surface area contributed by atoms with Crippen molar-refractivity contribution in [3.05, 3.63) is 0 Å². The molecule has 0 heterocycles. The maximum absolute atomic E-state index is 12.0. The van der Waals surface area contributed by atoms with Gasteiger partial charge in [-0.15, -0.1) is 0 Å². The van der Waals surface area contributed by atoms with Gasteiger partial charge in [-0.25, -0.2) is 9.86 Å². The molecule has 0 aromatic rings. The fraction of sp³-hybridized carbons (Fsp3) is 0.750. The molecule has 20 heavy (non-hydrogen) atoms. The van der Waals surface area contributed by atoms with E-state index in [1.807, 2.05) is 6.26 Å². The molecule has 0 bridgehead atoms. The number of hydrogen-bond donors (Lipinski definition) is 3. The highest BCUT2D eigenvalue weighted by molar-refractivity contribution is 7.98. The molecule has 0 aliphatic heterocycles. The van der Waals surface area contributed by atoms with E-state index in [1.54, 1.807) is 13.8 Å². The zero-order valence-corrected chi connectivity index (χ0v) is 12.7. The van der Waals surface area contributed by atoms with Crippen LogP contribution in [0, 0.1) is 5.92 Å². The van der Waals surface area contributed by atoms with Crippen molar-refractivity contribution in [3.63, 3.8) is 0 Å². The molecule has 2 amide bonds. The average Bonchev–Trinajstić information content (AvgIpc) is 2.38. The summed E-state index contributed by atoms with van der Waals surface area (Å²) in [6.45, 7) is 3.59. The van der Waals surface area contributed by atoms with Crippen LogP contribution in [0.1, 0.15) is 26.7 Å². The lowest BCUT2D eigenvalue weighted by Gasteiger charge is -2.27. The van der Waals surface area contributed by atoms with Crippen molar-refractivity contribution < 1.29 is 24.7 Å². The Hall–Kier alpha value is -1.28. The molecule has 3 N–H and O–H groups in total. The SMILES string of the molecule is CSCCC(NC=O)C(=O)N(O)[C@@H](CC(C)C)C(=O)O. The number of carboxylic acids is 1. The zero-order valence-electron chi connectivity index (χ0n) is 11.9. The van der Waals surface area contributed by atoms with Gasteiger partial charge in [0.15, 0.2) is 6.04 Å². The summed E-state index contributed by atoms with van der Waals surface area (Å²) in [7, 11) is 0. The van der Waals surface area contributed by atoms with E-state index in [4.69, 9.17) is 5.11 Å². The van der Waals surface area contributed by atoms with E-state index >= 15 is 0 Å². The molecule has 0 saturated heterocycles. The monoisotopic (exact) mass is 306 g/mol. The van der Waals surface area contributed by atoms with E-state index in [0.717, 1.165) is 0 Å². The Kier molecular flexibility index (Phi) is 8.98. The number of carboxylic acid groups (broad SMARTS) is 1. The summed E-state index contributed by atoms with van der Waals surface area (Å²) in [6, 6.07) is -2.23. The molecule has 0 aliphatic rings. The Labute approximate surface area is 122 Å². The molecule has 0 fully saturated rings. The fourth-order valence-electron chi connectivity index (χ4n) is 1.66. The second kappa shape index (κ2) is 9.60. The lowest BCUT2D eigenvalue weighted by molar-refractivity contribution is -0.189. The van der Waals surface area contributed by atoms with Gasteiger partial charge in [0.1, 0.15) is 6.04 Å². The predicted molar refractivity (Wildman–Crippen MR) is 75.5 cm³/mol. The van der Waals surface area contributed by atoms with E-state index in [2.05, 4.69) is 5.32 Å². The van der Waals surface area contributed by atoms with Crippen molar-refractivity contribution in [2.45, 2.75) is 38.8 Å². The Balaban J connectivity index is 4.88. The molecule has 7 nitrogen and oxygen atoms in total. The second-order valence-electron chi connectivity index (χ2n) is 4.78. The zero-order chi connectivity index (χ0) is 15.7. The molecule has 0 spiro atoms. The van der Waals surface area contributed by atoms with Crippen molar-refractivity contribution in [3.8, 4) is 0 Å². The Morgan fingerprint density at radius 2 is 2.00 bits per heavy atom. The number of amides is 2. The third kappa shape index (κ3) is 6.25. The minimum atomic E-state index is -1.31. The first-order valence-electron chi connectivity index (χ1n) is 6.28. The molecule has 0 saturated carbocycles. The number of nitrogens with one attached hydrogen (secondary N) is 1. The highest BCUT2D eigenvalue weighted by Crippen LogP contribution is 2.13. The molecule has 8 heteroatoms. The maximum Gasteiger partial charge on any atom is 0.329 e. The van der Waals surface area contributed by atoms with Crippen LogP contribution in [0.4, 0.5) is 0 Å². The molecule has 1 unspecified atom stereocenters. The Morgan fingerprint density at radius 3 is 2.40 bits per heavy atom. The van der Waals surface area contributed by atoms with Gasteiger partial charge in [-0.2, -0.15) is 11.8 Å².